The molecule has 0 heterocycles. The van der Waals surface area contributed by atoms with Crippen LogP contribution in [0.4, 0.5) is 5.69 Å². The van der Waals surface area contributed by atoms with Gasteiger partial charge in [0, 0.05) is 12.1 Å². The second-order valence-corrected chi connectivity index (χ2v) is 5.73. The molecule has 0 aliphatic rings. The van der Waals surface area contributed by atoms with E-state index in [1.165, 1.54) is 19.2 Å². The molecule has 0 spiro atoms. The first-order valence-corrected chi connectivity index (χ1v) is 7.36. The largest absolute Gasteiger partial charge is 0.496 e. The average Bonchev–Trinajstić information content (AvgIpc) is 2.58. The van der Waals surface area contributed by atoms with Crippen molar-refractivity contribution in [3.8, 4) is 11.8 Å². The highest BCUT2D eigenvalue weighted by Gasteiger charge is 2.30. The molecule has 1 aromatic carbocycles. The van der Waals surface area contributed by atoms with Crippen LogP contribution in [-0.4, -0.2) is 36.1 Å². The molecule has 9 nitrogen and oxygen atoms in total. The quantitative estimate of drug-likeness (QED) is 0.451. The van der Waals surface area contributed by atoms with Crippen molar-refractivity contribution in [1.29, 1.82) is 5.26 Å². The molecule has 0 aliphatic heterocycles. The van der Waals surface area contributed by atoms with Crippen molar-refractivity contribution in [1.82, 2.24) is 5.32 Å². The lowest BCUT2D eigenvalue weighted by molar-refractivity contribution is -0.384. The number of hydrogen-bond acceptors (Lipinski definition) is 7. The third-order valence-electron chi connectivity index (χ3n) is 3.73. The monoisotopic (exact) mass is 349 g/mol. The van der Waals surface area contributed by atoms with Gasteiger partial charge in [-0.2, -0.15) is 5.26 Å². The Bertz CT molecular complexity index is 725. The molecule has 134 valence electrons. The zero-order valence-corrected chi connectivity index (χ0v) is 14.4. The number of carbonyl (C=O) groups is 2. The Balaban J connectivity index is 2.84. The van der Waals surface area contributed by atoms with Crippen LogP contribution in [0.15, 0.2) is 18.2 Å². The molecule has 9 heteroatoms. The maximum absolute atomic E-state index is 12.1. The van der Waals surface area contributed by atoms with Crippen molar-refractivity contribution < 1.29 is 24.0 Å². The Labute approximate surface area is 144 Å². The summed E-state index contributed by atoms with van der Waals surface area (Å²) in [5.74, 6) is -1.68. The van der Waals surface area contributed by atoms with Gasteiger partial charge in [-0.05, 0) is 18.9 Å². The maximum atomic E-state index is 12.1. The number of nitro benzene ring substituents is 1. The highest BCUT2D eigenvalue weighted by atomic mass is 16.6. The molecule has 0 aromatic heterocycles. The summed E-state index contributed by atoms with van der Waals surface area (Å²) in [6.07, 6.45) is 0. The fourth-order valence-electron chi connectivity index (χ4n) is 1.80. The molecule has 1 amide bonds. The van der Waals surface area contributed by atoms with E-state index in [1.807, 2.05) is 6.07 Å². The molecule has 0 aliphatic carbocycles. The van der Waals surface area contributed by atoms with E-state index < -0.39 is 28.9 Å². The molecule has 0 radical (unpaired) electrons. The summed E-state index contributed by atoms with van der Waals surface area (Å²) in [6, 6.07) is 5.45. The topological polar surface area (TPSA) is 132 Å². The SMILES string of the molecule is COc1ccc([N+](=O)[O-])cc1C(=O)OCC(=O)N[C@](C)(C#N)C(C)C. The van der Waals surface area contributed by atoms with Crippen LogP contribution in [0, 0.1) is 27.4 Å². The number of nitrogens with one attached hydrogen (secondary N) is 1. The number of benzene rings is 1. The number of hydrogen-bond donors (Lipinski definition) is 1. The maximum Gasteiger partial charge on any atom is 0.342 e. The van der Waals surface area contributed by atoms with Crippen LogP contribution in [0.2, 0.25) is 0 Å². The van der Waals surface area contributed by atoms with Gasteiger partial charge >= 0.3 is 5.97 Å². The van der Waals surface area contributed by atoms with Crippen molar-refractivity contribution >= 4 is 17.6 Å². The van der Waals surface area contributed by atoms with E-state index in [0.29, 0.717) is 0 Å². The Morgan fingerprint density at radius 2 is 2.08 bits per heavy atom. The van der Waals surface area contributed by atoms with Gasteiger partial charge in [0.25, 0.3) is 11.6 Å². The minimum absolute atomic E-state index is 0.0834. The molecule has 0 saturated heterocycles. The van der Waals surface area contributed by atoms with Gasteiger partial charge in [0.05, 0.1) is 18.1 Å². The van der Waals surface area contributed by atoms with Crippen molar-refractivity contribution in [3.05, 3.63) is 33.9 Å². The summed E-state index contributed by atoms with van der Waals surface area (Å²) in [6.45, 7) is 4.46. The van der Waals surface area contributed by atoms with E-state index in [4.69, 9.17) is 14.7 Å². The van der Waals surface area contributed by atoms with Crippen molar-refractivity contribution in [2.75, 3.05) is 13.7 Å². The molecule has 25 heavy (non-hydrogen) atoms. The number of rotatable bonds is 7. The van der Waals surface area contributed by atoms with Gasteiger partial charge in [-0.25, -0.2) is 4.79 Å². The number of non-ortho nitro benzene ring substituents is 1. The second kappa shape index (κ2) is 8.10. The minimum Gasteiger partial charge on any atom is -0.496 e. The fraction of sp³-hybridized carbons (Fsp3) is 0.438. The molecule has 1 aromatic rings. The van der Waals surface area contributed by atoms with E-state index in [1.54, 1.807) is 20.8 Å². The Morgan fingerprint density at radius 1 is 1.44 bits per heavy atom. The van der Waals surface area contributed by atoms with Gasteiger partial charge in [-0.3, -0.25) is 14.9 Å². The third-order valence-corrected chi connectivity index (χ3v) is 3.73. The first kappa shape index (κ1) is 19.9. The highest BCUT2D eigenvalue weighted by molar-refractivity contribution is 5.94. The number of esters is 1. The van der Waals surface area contributed by atoms with Gasteiger partial charge in [0.1, 0.15) is 16.9 Å². The van der Waals surface area contributed by atoms with E-state index >= 15 is 0 Å². The number of ether oxygens (including phenoxy) is 2. The molecule has 1 atom stereocenters. The number of carbonyl (C=O) groups excluding carboxylic acids is 2. The number of nitrogens with zero attached hydrogens (tertiary/aromatic N) is 2. The first-order valence-electron chi connectivity index (χ1n) is 7.36. The lowest BCUT2D eigenvalue weighted by atomic mass is 9.90. The zero-order valence-electron chi connectivity index (χ0n) is 14.4. The van der Waals surface area contributed by atoms with E-state index in [9.17, 15) is 19.7 Å². The van der Waals surface area contributed by atoms with Gasteiger partial charge in [-0.1, -0.05) is 13.8 Å². The van der Waals surface area contributed by atoms with Gasteiger partial charge < -0.3 is 14.8 Å². The normalized spacial score (nSPS) is 12.6. The standard InChI is InChI=1S/C16H19N3O6/c1-10(2)16(3,9-17)18-14(20)8-25-15(21)12-7-11(19(22)23)5-6-13(12)24-4/h5-7,10H,8H2,1-4H3,(H,18,20)/t16-/m1/s1. The smallest absolute Gasteiger partial charge is 0.342 e. The summed E-state index contributed by atoms with van der Waals surface area (Å²) in [5, 5.41) is 22.5. The minimum atomic E-state index is -1.10. The Morgan fingerprint density at radius 3 is 2.56 bits per heavy atom. The van der Waals surface area contributed by atoms with Crippen LogP contribution in [0.3, 0.4) is 0 Å². The molecule has 0 fully saturated rings. The average molecular weight is 349 g/mol. The number of amides is 1. The Hall–Kier alpha value is -3.15. The predicted octanol–water partition coefficient (Wildman–Crippen LogP) is 1.81. The summed E-state index contributed by atoms with van der Waals surface area (Å²) in [7, 11) is 1.30. The molecule has 0 saturated carbocycles. The van der Waals surface area contributed by atoms with Crippen LogP contribution >= 0.6 is 0 Å². The van der Waals surface area contributed by atoms with Gasteiger partial charge in [-0.15, -0.1) is 0 Å². The first-order chi connectivity index (χ1) is 11.6. The summed E-state index contributed by atoms with van der Waals surface area (Å²) >= 11 is 0. The van der Waals surface area contributed by atoms with Crippen LogP contribution in [0.5, 0.6) is 5.75 Å². The molecule has 1 N–H and O–H groups in total. The highest BCUT2D eigenvalue weighted by Crippen LogP contribution is 2.24. The van der Waals surface area contributed by atoms with Crippen LogP contribution in [-0.2, 0) is 9.53 Å². The summed E-state index contributed by atoms with van der Waals surface area (Å²) in [4.78, 5) is 34.2. The molecular weight excluding hydrogens is 330 g/mol. The Kier molecular flexibility index (Phi) is 6.45. The number of nitriles is 1. The van der Waals surface area contributed by atoms with Gasteiger partial charge in [0.2, 0.25) is 0 Å². The number of nitro groups is 1. The molecular formula is C16H19N3O6. The lowest BCUT2D eigenvalue weighted by Gasteiger charge is -2.27. The molecule has 0 bridgehead atoms. The zero-order chi connectivity index (χ0) is 19.2. The third kappa shape index (κ3) is 4.91. The van der Waals surface area contributed by atoms with E-state index in [0.717, 1.165) is 6.07 Å². The van der Waals surface area contributed by atoms with Crippen molar-refractivity contribution in [3.63, 3.8) is 0 Å². The van der Waals surface area contributed by atoms with Crippen molar-refractivity contribution in [2.24, 2.45) is 5.92 Å². The summed E-state index contributed by atoms with van der Waals surface area (Å²) < 4.78 is 9.84. The molecule has 0 unspecified atom stereocenters. The van der Waals surface area contributed by atoms with Crippen molar-refractivity contribution in [2.45, 2.75) is 26.3 Å². The lowest BCUT2D eigenvalue weighted by Crippen LogP contribution is -2.50. The van der Waals surface area contributed by atoms with Gasteiger partial charge in [0.15, 0.2) is 6.61 Å². The van der Waals surface area contributed by atoms with Crippen LogP contribution in [0.25, 0.3) is 0 Å². The van der Waals surface area contributed by atoms with Crippen LogP contribution < -0.4 is 10.1 Å². The predicted molar refractivity (Wildman–Crippen MR) is 86.9 cm³/mol. The second-order valence-electron chi connectivity index (χ2n) is 5.73. The van der Waals surface area contributed by atoms with Crippen LogP contribution in [0.1, 0.15) is 31.1 Å². The fourth-order valence-corrected chi connectivity index (χ4v) is 1.80. The molecule has 1 rings (SSSR count). The number of methoxy groups -OCH3 is 1. The van der Waals surface area contributed by atoms with E-state index in [-0.39, 0.29) is 22.9 Å². The van der Waals surface area contributed by atoms with E-state index in [2.05, 4.69) is 5.32 Å². The summed E-state index contributed by atoms with van der Waals surface area (Å²) in [5.41, 5.74) is -1.59.